The lowest BCUT2D eigenvalue weighted by Gasteiger charge is -2.21. The van der Waals surface area contributed by atoms with Gasteiger partial charge in [-0.15, -0.1) is 0 Å². The molecule has 1 heterocycles. The van der Waals surface area contributed by atoms with Crippen LogP contribution in [0.1, 0.15) is 59.5 Å². The van der Waals surface area contributed by atoms with Crippen molar-refractivity contribution in [3.05, 3.63) is 76.4 Å². The van der Waals surface area contributed by atoms with E-state index in [0.29, 0.717) is 35.8 Å². The molecule has 1 aromatic heterocycles. The minimum Gasteiger partial charge on any atom is -0.366 e. The predicted molar refractivity (Wildman–Crippen MR) is 139 cm³/mol. The maximum Gasteiger partial charge on any atom is 0.248 e. The smallest absolute Gasteiger partial charge is 0.248 e. The Labute approximate surface area is 215 Å². The number of hydrogen-bond donors (Lipinski definition) is 2. The van der Waals surface area contributed by atoms with Crippen molar-refractivity contribution in [1.82, 2.24) is 9.78 Å². The third-order valence-corrected chi connectivity index (χ3v) is 8.15. The summed E-state index contributed by atoms with van der Waals surface area (Å²) in [5.41, 5.74) is 7.32. The second-order valence-corrected chi connectivity index (χ2v) is 11.7. The fraction of sp³-hybridized carbons (Fsp3) is 0.346. The molecule has 0 aliphatic heterocycles. The van der Waals surface area contributed by atoms with Gasteiger partial charge in [0.25, 0.3) is 0 Å². The number of benzene rings is 2. The largest absolute Gasteiger partial charge is 0.366 e. The number of anilines is 1. The summed E-state index contributed by atoms with van der Waals surface area (Å²) < 4.78 is 25.6. The van der Waals surface area contributed by atoms with Gasteiger partial charge < -0.3 is 11.1 Å². The minimum absolute atomic E-state index is 0.0482. The lowest BCUT2D eigenvalue weighted by Crippen LogP contribution is -2.23. The summed E-state index contributed by atoms with van der Waals surface area (Å²) in [5, 5.41) is 7.48. The molecule has 190 valence electrons. The number of carbonyl (C=O) groups excluding carboxylic acids is 2. The van der Waals surface area contributed by atoms with Gasteiger partial charge in [0.1, 0.15) is 0 Å². The van der Waals surface area contributed by atoms with Crippen molar-refractivity contribution in [3.8, 4) is 0 Å². The number of rotatable bonds is 9. The van der Waals surface area contributed by atoms with Gasteiger partial charge in [0.05, 0.1) is 22.4 Å². The van der Waals surface area contributed by atoms with Crippen LogP contribution in [0.5, 0.6) is 0 Å². The summed E-state index contributed by atoms with van der Waals surface area (Å²) in [6.45, 7) is 0.408. The quantitative estimate of drug-likeness (QED) is 0.426. The van der Waals surface area contributed by atoms with E-state index in [0.717, 1.165) is 37.5 Å². The van der Waals surface area contributed by atoms with Crippen molar-refractivity contribution >= 4 is 39.1 Å². The van der Waals surface area contributed by atoms with E-state index in [1.54, 1.807) is 47.3 Å². The van der Waals surface area contributed by atoms with Crippen molar-refractivity contribution in [2.75, 3.05) is 11.6 Å². The molecule has 1 atom stereocenters. The van der Waals surface area contributed by atoms with E-state index < -0.39 is 21.7 Å². The number of nitrogens with two attached hydrogens (primary N) is 1. The SMILES string of the molecule is CS(=O)(=O)c1ccc(C(CC2CCCC2)C(=O)Nc2ccn(Cc3cccc(C(N)=O)c3)n2)cc1Cl. The Morgan fingerprint density at radius 2 is 1.92 bits per heavy atom. The van der Waals surface area contributed by atoms with Crippen LogP contribution in [0.2, 0.25) is 5.02 Å². The molecule has 3 aromatic rings. The molecule has 1 unspecified atom stereocenters. The Balaban J connectivity index is 1.52. The fourth-order valence-corrected chi connectivity index (χ4v) is 6.09. The summed E-state index contributed by atoms with van der Waals surface area (Å²) in [6.07, 6.45) is 7.94. The molecule has 1 aliphatic carbocycles. The van der Waals surface area contributed by atoms with Crippen molar-refractivity contribution in [2.24, 2.45) is 11.7 Å². The standard InChI is InChI=1S/C26H29ClN4O4S/c1-36(34,35)23-10-9-19(15-22(23)27)21(14-17-5-2-3-6-17)26(33)29-24-11-12-31(30-24)16-18-7-4-8-20(13-18)25(28)32/h4,7-13,15,17,21H,2-3,5-6,14,16H2,1H3,(H2,28,32)(H,29,30,33). The second-order valence-electron chi connectivity index (χ2n) is 9.35. The van der Waals surface area contributed by atoms with E-state index in [9.17, 15) is 18.0 Å². The molecule has 4 rings (SSSR count). The van der Waals surface area contributed by atoms with E-state index in [1.807, 2.05) is 6.07 Å². The van der Waals surface area contributed by atoms with E-state index >= 15 is 0 Å². The van der Waals surface area contributed by atoms with Crippen molar-refractivity contribution < 1.29 is 18.0 Å². The molecule has 8 nitrogen and oxygen atoms in total. The third-order valence-electron chi connectivity index (χ3n) is 6.57. The molecule has 1 fully saturated rings. The number of primary amides is 1. The van der Waals surface area contributed by atoms with Gasteiger partial charge in [-0.2, -0.15) is 5.10 Å². The molecule has 1 aliphatic rings. The van der Waals surface area contributed by atoms with Crippen LogP contribution in [0.15, 0.2) is 59.6 Å². The number of nitrogens with zero attached hydrogens (tertiary/aromatic N) is 2. The molecule has 0 radical (unpaired) electrons. The van der Waals surface area contributed by atoms with Crippen LogP contribution < -0.4 is 11.1 Å². The Morgan fingerprint density at radius 1 is 1.17 bits per heavy atom. The fourth-order valence-electron chi connectivity index (χ4n) is 4.75. The van der Waals surface area contributed by atoms with E-state index in [4.69, 9.17) is 17.3 Å². The van der Waals surface area contributed by atoms with Gasteiger partial charge in [-0.1, -0.05) is 55.5 Å². The molecular weight excluding hydrogens is 500 g/mol. The lowest BCUT2D eigenvalue weighted by molar-refractivity contribution is -0.118. The van der Waals surface area contributed by atoms with Crippen molar-refractivity contribution in [2.45, 2.75) is 49.5 Å². The summed E-state index contributed by atoms with van der Waals surface area (Å²) >= 11 is 6.30. The average Bonchev–Trinajstić information content (AvgIpc) is 3.48. The number of halogens is 1. The number of aromatic nitrogens is 2. The highest BCUT2D eigenvalue weighted by Crippen LogP contribution is 2.36. The maximum atomic E-state index is 13.4. The first kappa shape index (κ1) is 25.9. The molecule has 3 N–H and O–H groups in total. The van der Waals surface area contributed by atoms with Crippen molar-refractivity contribution in [3.63, 3.8) is 0 Å². The van der Waals surface area contributed by atoms with E-state index in [1.165, 1.54) is 6.07 Å². The first-order valence-electron chi connectivity index (χ1n) is 11.8. The normalized spacial score (nSPS) is 15.1. The zero-order valence-corrected chi connectivity index (χ0v) is 21.6. The van der Waals surface area contributed by atoms with Gasteiger partial charge in [0.2, 0.25) is 11.8 Å². The number of nitrogens with one attached hydrogen (secondary N) is 1. The highest BCUT2D eigenvalue weighted by Gasteiger charge is 2.28. The Morgan fingerprint density at radius 3 is 2.58 bits per heavy atom. The first-order chi connectivity index (χ1) is 17.1. The molecule has 2 amide bonds. The van der Waals surface area contributed by atoms with Crippen LogP contribution in [0.3, 0.4) is 0 Å². The number of carbonyl (C=O) groups is 2. The van der Waals surface area contributed by atoms with E-state index in [2.05, 4.69) is 10.4 Å². The zero-order chi connectivity index (χ0) is 25.9. The Bertz CT molecular complexity index is 1380. The lowest BCUT2D eigenvalue weighted by atomic mass is 9.87. The summed E-state index contributed by atoms with van der Waals surface area (Å²) in [4.78, 5) is 24.9. The maximum absolute atomic E-state index is 13.4. The van der Waals surface area contributed by atoms with Gasteiger partial charge in [-0.05, 0) is 47.7 Å². The number of sulfone groups is 1. The monoisotopic (exact) mass is 528 g/mol. The zero-order valence-electron chi connectivity index (χ0n) is 20.0. The summed E-state index contributed by atoms with van der Waals surface area (Å²) in [7, 11) is -3.47. The molecule has 36 heavy (non-hydrogen) atoms. The second kappa shape index (κ2) is 10.8. The molecule has 1 saturated carbocycles. The number of hydrogen-bond acceptors (Lipinski definition) is 5. The summed E-state index contributed by atoms with van der Waals surface area (Å²) in [5.74, 6) is -0.378. The van der Waals surface area contributed by atoms with E-state index in [-0.39, 0.29) is 15.8 Å². The molecule has 2 aromatic carbocycles. The Hall–Kier alpha value is -3.17. The van der Waals surface area contributed by atoms with Crippen LogP contribution in [-0.2, 0) is 21.2 Å². The molecular formula is C26H29ClN4O4S. The van der Waals surface area contributed by atoms with Gasteiger partial charge in [0, 0.05) is 24.1 Å². The molecule has 0 saturated heterocycles. The Kier molecular flexibility index (Phi) is 7.80. The van der Waals surface area contributed by atoms with Crippen LogP contribution >= 0.6 is 11.6 Å². The molecule has 0 bridgehead atoms. The van der Waals surface area contributed by atoms with Crippen LogP contribution in [0, 0.1) is 5.92 Å². The van der Waals surface area contributed by atoms with Crippen molar-refractivity contribution in [1.29, 1.82) is 0 Å². The minimum atomic E-state index is -3.47. The van der Waals surface area contributed by atoms with Crippen LogP contribution in [0.25, 0.3) is 0 Å². The van der Waals surface area contributed by atoms with Gasteiger partial charge in [-0.3, -0.25) is 14.3 Å². The average molecular weight is 529 g/mol. The molecule has 10 heteroatoms. The topological polar surface area (TPSA) is 124 Å². The summed E-state index contributed by atoms with van der Waals surface area (Å²) in [6, 6.07) is 13.4. The van der Waals surface area contributed by atoms with Gasteiger partial charge in [-0.25, -0.2) is 8.42 Å². The first-order valence-corrected chi connectivity index (χ1v) is 14.1. The van der Waals surface area contributed by atoms with Crippen LogP contribution in [0.4, 0.5) is 5.82 Å². The van der Waals surface area contributed by atoms with Gasteiger partial charge in [0.15, 0.2) is 15.7 Å². The highest BCUT2D eigenvalue weighted by molar-refractivity contribution is 7.90. The molecule has 0 spiro atoms. The predicted octanol–water partition coefficient (Wildman–Crippen LogP) is 4.39. The third kappa shape index (κ3) is 6.33. The van der Waals surface area contributed by atoms with Gasteiger partial charge >= 0.3 is 0 Å². The highest BCUT2D eigenvalue weighted by atomic mass is 35.5. The van der Waals surface area contributed by atoms with Crippen LogP contribution in [-0.4, -0.2) is 36.3 Å². The number of amides is 2.